The molecule has 2 atom stereocenters. The van der Waals surface area contributed by atoms with Crippen molar-refractivity contribution in [1.82, 2.24) is 10.2 Å². The van der Waals surface area contributed by atoms with Crippen LogP contribution in [0.3, 0.4) is 0 Å². The van der Waals surface area contributed by atoms with Gasteiger partial charge in [0, 0.05) is 24.8 Å². The number of carbonyl (C=O) groups excluding carboxylic acids is 1. The third-order valence-corrected chi connectivity index (χ3v) is 4.40. The minimum atomic E-state index is 0.0107. The van der Waals surface area contributed by atoms with Gasteiger partial charge in [-0.1, -0.05) is 32.0 Å². The smallest absolute Gasteiger partial charge is 0.225 e. The highest BCUT2D eigenvalue weighted by Gasteiger charge is 2.30. The van der Waals surface area contributed by atoms with Crippen LogP contribution in [-0.2, 0) is 11.2 Å². The molecular weight excluding hydrogens is 262 g/mol. The Morgan fingerprint density at radius 3 is 2.76 bits per heavy atom. The van der Waals surface area contributed by atoms with Gasteiger partial charge in [0.1, 0.15) is 0 Å². The van der Waals surface area contributed by atoms with Gasteiger partial charge >= 0.3 is 0 Å². The molecule has 2 rings (SSSR count). The average Bonchev–Trinajstić information content (AvgIpc) is 2.50. The van der Waals surface area contributed by atoms with Gasteiger partial charge in [-0.15, -0.1) is 0 Å². The van der Waals surface area contributed by atoms with E-state index in [1.807, 2.05) is 12.1 Å². The summed E-state index contributed by atoms with van der Waals surface area (Å²) in [7, 11) is 0. The first kappa shape index (κ1) is 15.8. The van der Waals surface area contributed by atoms with E-state index in [0.717, 1.165) is 38.3 Å². The number of hydrogen-bond donors (Lipinski definition) is 2. The Kier molecular flexibility index (Phi) is 5.62. The van der Waals surface area contributed by atoms with Crippen LogP contribution < -0.4 is 10.6 Å². The molecule has 0 saturated heterocycles. The number of nitrogens with zero attached hydrogens (tertiary/aromatic N) is 1. The van der Waals surface area contributed by atoms with E-state index in [2.05, 4.69) is 48.4 Å². The molecule has 0 aliphatic carbocycles. The summed E-state index contributed by atoms with van der Waals surface area (Å²) in [4.78, 5) is 14.7. The fourth-order valence-electron chi connectivity index (χ4n) is 2.93. The summed E-state index contributed by atoms with van der Waals surface area (Å²) in [5.41, 5.74) is 2.40. The maximum atomic E-state index is 12.4. The van der Waals surface area contributed by atoms with E-state index in [-0.39, 0.29) is 17.9 Å². The van der Waals surface area contributed by atoms with Crippen molar-refractivity contribution in [1.29, 1.82) is 0 Å². The minimum Gasteiger partial charge on any atom is -0.382 e. The Morgan fingerprint density at radius 2 is 2.05 bits per heavy atom. The van der Waals surface area contributed by atoms with Gasteiger partial charge < -0.3 is 15.5 Å². The highest BCUT2D eigenvalue weighted by molar-refractivity contribution is 5.81. The van der Waals surface area contributed by atoms with Gasteiger partial charge in [-0.2, -0.15) is 0 Å². The Hall–Kier alpha value is -1.55. The first-order valence-corrected chi connectivity index (χ1v) is 8.00. The second-order valence-corrected chi connectivity index (χ2v) is 5.72. The van der Waals surface area contributed by atoms with Crippen molar-refractivity contribution >= 4 is 11.6 Å². The zero-order valence-electron chi connectivity index (χ0n) is 13.4. The number of rotatable bonds is 6. The van der Waals surface area contributed by atoms with Crippen LogP contribution in [0.25, 0.3) is 0 Å². The van der Waals surface area contributed by atoms with Crippen molar-refractivity contribution in [2.24, 2.45) is 5.92 Å². The topological polar surface area (TPSA) is 44.4 Å². The lowest BCUT2D eigenvalue weighted by molar-refractivity contribution is -0.125. The van der Waals surface area contributed by atoms with Crippen LogP contribution in [0.4, 0.5) is 5.69 Å². The van der Waals surface area contributed by atoms with Crippen LogP contribution in [-0.4, -0.2) is 43.0 Å². The third kappa shape index (κ3) is 3.97. The lowest BCUT2D eigenvalue weighted by Crippen LogP contribution is -2.45. The monoisotopic (exact) mass is 289 g/mol. The predicted molar refractivity (Wildman–Crippen MR) is 87.5 cm³/mol. The highest BCUT2D eigenvalue weighted by atomic mass is 16.1. The van der Waals surface area contributed by atoms with E-state index in [9.17, 15) is 4.79 Å². The molecule has 0 radical (unpaired) electrons. The van der Waals surface area contributed by atoms with Crippen LogP contribution in [0.1, 0.15) is 26.3 Å². The van der Waals surface area contributed by atoms with Crippen molar-refractivity contribution in [3.8, 4) is 0 Å². The SMILES string of the molecule is CCN(CC)CCNC(=O)C1Cc2ccccc2NC1C. The average molecular weight is 289 g/mol. The number of benzene rings is 1. The number of fused-ring (bicyclic) bond motifs is 1. The number of amides is 1. The van der Waals surface area contributed by atoms with Gasteiger partial charge in [-0.25, -0.2) is 0 Å². The summed E-state index contributed by atoms with van der Waals surface area (Å²) in [6.07, 6.45) is 0.821. The molecule has 1 amide bonds. The van der Waals surface area contributed by atoms with Crippen molar-refractivity contribution in [2.45, 2.75) is 33.2 Å². The predicted octanol–water partition coefficient (Wildman–Crippen LogP) is 2.12. The quantitative estimate of drug-likeness (QED) is 0.843. The number of hydrogen-bond acceptors (Lipinski definition) is 3. The molecule has 0 fully saturated rings. The molecule has 2 unspecified atom stereocenters. The maximum absolute atomic E-state index is 12.4. The molecule has 0 saturated carbocycles. The van der Waals surface area contributed by atoms with Gasteiger partial charge in [-0.3, -0.25) is 4.79 Å². The van der Waals surface area contributed by atoms with Crippen molar-refractivity contribution in [3.05, 3.63) is 29.8 Å². The van der Waals surface area contributed by atoms with Gasteiger partial charge in [0.2, 0.25) is 5.91 Å². The van der Waals surface area contributed by atoms with Crippen molar-refractivity contribution in [3.63, 3.8) is 0 Å². The van der Waals surface area contributed by atoms with Crippen molar-refractivity contribution in [2.75, 3.05) is 31.5 Å². The van der Waals surface area contributed by atoms with Crippen LogP contribution in [0.15, 0.2) is 24.3 Å². The van der Waals surface area contributed by atoms with Crippen molar-refractivity contribution < 1.29 is 4.79 Å². The molecule has 1 aromatic carbocycles. The first-order valence-electron chi connectivity index (χ1n) is 8.00. The first-order chi connectivity index (χ1) is 10.2. The lowest BCUT2D eigenvalue weighted by atomic mass is 9.87. The number of carbonyl (C=O) groups is 1. The summed E-state index contributed by atoms with van der Waals surface area (Å²) in [5, 5.41) is 6.53. The number of para-hydroxylation sites is 1. The molecule has 116 valence electrons. The molecule has 4 heteroatoms. The Bertz CT molecular complexity index is 471. The number of anilines is 1. The number of likely N-dealkylation sites (N-methyl/N-ethyl adjacent to an activating group) is 1. The maximum Gasteiger partial charge on any atom is 0.225 e. The Balaban J connectivity index is 1.88. The van der Waals surface area contributed by atoms with Crippen LogP contribution in [0.5, 0.6) is 0 Å². The van der Waals surface area contributed by atoms with E-state index in [4.69, 9.17) is 0 Å². The summed E-state index contributed by atoms with van der Waals surface area (Å²) in [6, 6.07) is 8.42. The summed E-state index contributed by atoms with van der Waals surface area (Å²) >= 11 is 0. The van der Waals surface area contributed by atoms with Gasteiger partial charge in [0.05, 0.1) is 5.92 Å². The van der Waals surface area contributed by atoms with E-state index in [1.165, 1.54) is 5.56 Å². The van der Waals surface area contributed by atoms with Gasteiger partial charge in [0.25, 0.3) is 0 Å². The molecule has 1 aliphatic rings. The molecular formula is C17H27N3O. The summed E-state index contributed by atoms with van der Waals surface area (Å²) in [6.45, 7) is 10.1. The minimum absolute atomic E-state index is 0.0107. The molecule has 1 aliphatic heterocycles. The molecule has 4 nitrogen and oxygen atoms in total. The molecule has 1 heterocycles. The largest absolute Gasteiger partial charge is 0.382 e. The molecule has 0 spiro atoms. The number of nitrogens with one attached hydrogen (secondary N) is 2. The van der Waals surface area contributed by atoms with E-state index in [1.54, 1.807) is 0 Å². The molecule has 21 heavy (non-hydrogen) atoms. The summed E-state index contributed by atoms with van der Waals surface area (Å²) < 4.78 is 0. The van der Waals surface area contributed by atoms with Crippen LogP contribution in [0, 0.1) is 5.92 Å². The normalized spacial score (nSPS) is 20.8. The molecule has 1 aromatic rings. The lowest BCUT2D eigenvalue weighted by Gasteiger charge is -2.31. The molecule has 0 bridgehead atoms. The zero-order valence-corrected chi connectivity index (χ0v) is 13.4. The Morgan fingerprint density at radius 1 is 1.33 bits per heavy atom. The van der Waals surface area contributed by atoms with Crippen LogP contribution >= 0.6 is 0 Å². The van der Waals surface area contributed by atoms with Gasteiger partial charge in [0.15, 0.2) is 0 Å². The fraction of sp³-hybridized carbons (Fsp3) is 0.588. The second kappa shape index (κ2) is 7.46. The molecule has 0 aromatic heterocycles. The second-order valence-electron chi connectivity index (χ2n) is 5.72. The third-order valence-electron chi connectivity index (χ3n) is 4.40. The van der Waals surface area contributed by atoms with E-state index >= 15 is 0 Å². The van der Waals surface area contributed by atoms with Gasteiger partial charge in [-0.05, 0) is 38.1 Å². The molecule has 2 N–H and O–H groups in total. The highest BCUT2D eigenvalue weighted by Crippen LogP contribution is 2.28. The van der Waals surface area contributed by atoms with E-state index < -0.39 is 0 Å². The fourth-order valence-corrected chi connectivity index (χ4v) is 2.93. The van der Waals surface area contributed by atoms with E-state index in [0.29, 0.717) is 0 Å². The summed E-state index contributed by atoms with van der Waals surface area (Å²) in [5.74, 6) is 0.174. The standard InChI is InChI=1S/C17H27N3O/c1-4-20(5-2)11-10-18-17(21)15-12-14-8-6-7-9-16(14)19-13(15)3/h6-9,13,15,19H,4-5,10-12H2,1-3H3,(H,18,21). The Labute approximate surface area is 127 Å². The van der Waals surface area contributed by atoms with Crippen LogP contribution in [0.2, 0.25) is 0 Å². The zero-order chi connectivity index (χ0) is 15.2.